The fourth-order valence-corrected chi connectivity index (χ4v) is 7.66. The van der Waals surface area contributed by atoms with E-state index in [1.807, 2.05) is 6.92 Å². The van der Waals surface area contributed by atoms with Crippen LogP contribution < -0.4 is 0 Å². The zero-order chi connectivity index (χ0) is 19.1. The number of rotatable bonds is 4. The van der Waals surface area contributed by atoms with E-state index in [1.165, 1.54) is 38.1 Å². The van der Waals surface area contributed by atoms with Crippen LogP contribution in [-0.2, 0) is 20.0 Å². The van der Waals surface area contributed by atoms with Gasteiger partial charge in [0, 0.05) is 41.1 Å². The van der Waals surface area contributed by atoms with Crippen molar-refractivity contribution in [3.63, 3.8) is 0 Å². The maximum Gasteiger partial charge on any atom is 0.252 e. The van der Waals surface area contributed by atoms with E-state index in [9.17, 15) is 16.8 Å². The van der Waals surface area contributed by atoms with Crippen molar-refractivity contribution in [3.05, 3.63) is 45.3 Å². The molecule has 1 saturated heterocycles. The lowest BCUT2D eigenvalue weighted by atomic mass is 10.4. The molecule has 0 saturated carbocycles. The molecule has 0 radical (unpaired) electrons. The van der Waals surface area contributed by atoms with E-state index in [4.69, 9.17) is 23.2 Å². The van der Waals surface area contributed by atoms with Gasteiger partial charge in [-0.1, -0.05) is 23.2 Å². The molecule has 2 heterocycles. The first-order chi connectivity index (χ1) is 12.1. The van der Waals surface area contributed by atoms with Crippen molar-refractivity contribution in [2.24, 2.45) is 0 Å². The molecule has 1 aromatic carbocycles. The number of benzene rings is 1. The largest absolute Gasteiger partial charge is 0.252 e. The number of hydrogen-bond donors (Lipinski definition) is 0. The summed E-state index contributed by atoms with van der Waals surface area (Å²) in [5.74, 6) is 0. The Labute approximate surface area is 167 Å². The molecule has 0 spiro atoms. The highest BCUT2D eigenvalue weighted by molar-refractivity contribution is 7.91. The smallest absolute Gasteiger partial charge is 0.207 e. The van der Waals surface area contributed by atoms with Crippen LogP contribution in [0.2, 0.25) is 10.0 Å². The average Bonchev–Trinajstić information content (AvgIpc) is 3.01. The summed E-state index contributed by atoms with van der Waals surface area (Å²) in [6, 6.07) is 7.45. The quantitative estimate of drug-likeness (QED) is 0.711. The highest BCUT2D eigenvalue weighted by atomic mass is 35.5. The number of sulfonamides is 2. The number of nitrogens with zero attached hydrogens (tertiary/aromatic N) is 2. The van der Waals surface area contributed by atoms with E-state index in [1.54, 1.807) is 12.1 Å². The first-order valence-corrected chi connectivity index (χ1v) is 12.1. The van der Waals surface area contributed by atoms with E-state index >= 15 is 0 Å². The van der Waals surface area contributed by atoms with E-state index in [0.717, 1.165) is 4.88 Å². The summed E-state index contributed by atoms with van der Waals surface area (Å²) in [6.07, 6.45) is 0. The van der Waals surface area contributed by atoms with Crippen LogP contribution in [0.15, 0.2) is 39.4 Å². The van der Waals surface area contributed by atoms with Crippen LogP contribution in [0.1, 0.15) is 4.88 Å². The summed E-state index contributed by atoms with van der Waals surface area (Å²) >= 11 is 13.0. The lowest BCUT2D eigenvalue weighted by Crippen LogP contribution is -2.50. The normalized spacial score (nSPS) is 17.5. The summed E-state index contributed by atoms with van der Waals surface area (Å²) < 4.78 is 53.7. The van der Waals surface area contributed by atoms with Gasteiger partial charge in [-0.25, -0.2) is 16.8 Å². The number of aryl methyl sites for hydroxylation is 1. The number of hydrogen-bond acceptors (Lipinski definition) is 5. The van der Waals surface area contributed by atoms with Crippen LogP contribution in [0, 0.1) is 6.92 Å². The Morgan fingerprint density at radius 2 is 1.35 bits per heavy atom. The number of piperazine rings is 1. The Bertz CT molecular complexity index is 1010. The zero-order valence-corrected chi connectivity index (χ0v) is 17.7. The molecule has 1 aliphatic rings. The second kappa shape index (κ2) is 7.38. The van der Waals surface area contributed by atoms with Crippen LogP contribution >= 0.6 is 34.5 Å². The summed E-state index contributed by atoms with van der Waals surface area (Å²) in [6.45, 7) is 2.15. The van der Waals surface area contributed by atoms with Gasteiger partial charge in [-0.15, -0.1) is 11.3 Å². The van der Waals surface area contributed by atoms with Crippen molar-refractivity contribution in [3.8, 4) is 0 Å². The molecule has 1 fully saturated rings. The third kappa shape index (κ3) is 3.94. The fraction of sp³-hybridized carbons (Fsp3) is 0.333. The van der Waals surface area contributed by atoms with E-state index in [-0.39, 0.29) is 45.3 Å². The lowest BCUT2D eigenvalue weighted by Gasteiger charge is -2.33. The summed E-state index contributed by atoms with van der Waals surface area (Å²) in [5, 5.41) is 0.454. The molecule has 26 heavy (non-hydrogen) atoms. The van der Waals surface area contributed by atoms with Crippen LogP contribution in [-0.4, -0.2) is 51.6 Å². The topological polar surface area (TPSA) is 74.8 Å². The fourth-order valence-electron chi connectivity index (χ4n) is 2.65. The van der Waals surface area contributed by atoms with Gasteiger partial charge in [0.15, 0.2) is 0 Å². The summed E-state index contributed by atoms with van der Waals surface area (Å²) in [7, 11) is -7.39. The minimum absolute atomic E-state index is 0.000175. The Morgan fingerprint density at radius 1 is 0.846 bits per heavy atom. The monoisotopic (exact) mass is 454 g/mol. The van der Waals surface area contributed by atoms with E-state index < -0.39 is 20.0 Å². The van der Waals surface area contributed by atoms with Gasteiger partial charge in [0.25, 0.3) is 10.0 Å². The number of halogens is 2. The Morgan fingerprint density at radius 3 is 1.81 bits per heavy atom. The molecule has 1 aromatic heterocycles. The van der Waals surface area contributed by atoms with Gasteiger partial charge in [0.1, 0.15) is 4.21 Å². The molecular weight excluding hydrogens is 439 g/mol. The molecule has 11 heteroatoms. The van der Waals surface area contributed by atoms with E-state index in [0.29, 0.717) is 0 Å². The van der Waals surface area contributed by atoms with Gasteiger partial charge in [0.05, 0.1) is 4.90 Å². The Kier molecular flexibility index (Phi) is 5.70. The van der Waals surface area contributed by atoms with Crippen LogP contribution in [0.3, 0.4) is 0 Å². The second-order valence-electron chi connectivity index (χ2n) is 5.78. The Balaban J connectivity index is 1.77. The Hall–Kier alpha value is -0.680. The summed E-state index contributed by atoms with van der Waals surface area (Å²) in [5.41, 5.74) is 0. The third-order valence-corrected chi connectivity index (χ3v) is 9.66. The molecule has 0 N–H and O–H groups in total. The van der Waals surface area contributed by atoms with E-state index in [2.05, 4.69) is 0 Å². The predicted octanol–water partition coefficient (Wildman–Crippen LogP) is 3.06. The molecule has 142 valence electrons. The molecule has 2 aromatic rings. The minimum Gasteiger partial charge on any atom is -0.207 e. The average molecular weight is 455 g/mol. The van der Waals surface area contributed by atoms with Crippen molar-refractivity contribution in [1.82, 2.24) is 8.61 Å². The first kappa shape index (κ1) is 20.1. The highest BCUT2D eigenvalue weighted by Crippen LogP contribution is 2.28. The third-order valence-electron chi connectivity index (χ3n) is 3.98. The van der Waals surface area contributed by atoms with Gasteiger partial charge in [-0.05, 0) is 37.3 Å². The van der Waals surface area contributed by atoms with Crippen molar-refractivity contribution < 1.29 is 16.8 Å². The van der Waals surface area contributed by atoms with Crippen LogP contribution in [0.5, 0.6) is 0 Å². The lowest BCUT2D eigenvalue weighted by molar-refractivity contribution is 0.273. The van der Waals surface area contributed by atoms with Crippen molar-refractivity contribution in [2.45, 2.75) is 16.0 Å². The molecule has 0 bridgehead atoms. The van der Waals surface area contributed by atoms with Gasteiger partial charge < -0.3 is 0 Å². The maximum absolute atomic E-state index is 12.8. The molecular formula is C15H16Cl2N2O4S3. The highest BCUT2D eigenvalue weighted by Gasteiger charge is 2.34. The molecule has 0 amide bonds. The molecule has 1 aliphatic heterocycles. The molecule has 0 aliphatic carbocycles. The van der Waals surface area contributed by atoms with Gasteiger partial charge in [-0.3, -0.25) is 0 Å². The predicted molar refractivity (Wildman–Crippen MR) is 103 cm³/mol. The summed E-state index contributed by atoms with van der Waals surface area (Å²) in [4.78, 5) is 0.905. The van der Waals surface area contributed by atoms with Gasteiger partial charge >= 0.3 is 0 Å². The van der Waals surface area contributed by atoms with Crippen molar-refractivity contribution in [2.75, 3.05) is 26.2 Å². The zero-order valence-electron chi connectivity index (χ0n) is 13.7. The molecule has 3 rings (SSSR count). The van der Waals surface area contributed by atoms with Crippen LogP contribution in [0.25, 0.3) is 0 Å². The molecule has 0 atom stereocenters. The standard InChI is InChI=1S/C15H16Cl2N2O4S3/c1-11-2-3-15(24-11)26(22,23)19-6-4-18(5-7-19)25(20,21)14-9-12(16)8-13(17)10-14/h2-3,8-10H,4-7H2,1H3. The van der Waals surface area contributed by atoms with Crippen molar-refractivity contribution in [1.29, 1.82) is 0 Å². The number of thiophene rings is 1. The van der Waals surface area contributed by atoms with Gasteiger partial charge in [0.2, 0.25) is 10.0 Å². The van der Waals surface area contributed by atoms with Gasteiger partial charge in [-0.2, -0.15) is 8.61 Å². The minimum atomic E-state index is -3.79. The first-order valence-electron chi connectivity index (χ1n) is 7.63. The van der Waals surface area contributed by atoms with Crippen molar-refractivity contribution >= 4 is 54.6 Å². The second-order valence-corrected chi connectivity index (χ2v) is 12.0. The molecule has 6 nitrogen and oxygen atoms in total. The maximum atomic E-state index is 12.8. The SMILES string of the molecule is Cc1ccc(S(=O)(=O)N2CCN(S(=O)(=O)c3cc(Cl)cc(Cl)c3)CC2)s1. The van der Waals surface area contributed by atoms with Crippen LogP contribution in [0.4, 0.5) is 0 Å². The molecule has 0 unspecified atom stereocenters.